The molecule has 1 fully saturated rings. The summed E-state index contributed by atoms with van der Waals surface area (Å²) in [5.74, 6) is 0. The van der Waals surface area contributed by atoms with E-state index >= 15 is 0 Å². The lowest BCUT2D eigenvalue weighted by Gasteiger charge is -2.38. The standard InChI is InChI=1S/C13H17ClO6/c14-13(8-4-2-1-3-5-8)19-7-9(16)11(17)12(18)10(6-15)20-13/h1-5,9-12,15-18H,6-7H2/t9-,10+,11+,12+,13?/m1/s1. The number of aliphatic hydroxyl groups excluding tert-OH is 4. The number of ether oxygens (including phenoxy) is 2. The van der Waals surface area contributed by atoms with Gasteiger partial charge in [-0.25, -0.2) is 0 Å². The maximum atomic E-state index is 9.88. The number of alkyl halides is 1. The normalized spacial score (nSPS) is 39.0. The fourth-order valence-electron chi connectivity index (χ4n) is 1.97. The zero-order chi connectivity index (χ0) is 14.8. The molecular weight excluding hydrogens is 288 g/mol. The molecule has 0 amide bonds. The Bertz CT molecular complexity index is 430. The van der Waals surface area contributed by atoms with E-state index in [9.17, 15) is 20.4 Å². The number of hydrogen-bond acceptors (Lipinski definition) is 6. The van der Waals surface area contributed by atoms with Crippen LogP contribution in [0.3, 0.4) is 0 Å². The highest BCUT2D eigenvalue weighted by molar-refractivity contribution is 6.22. The van der Waals surface area contributed by atoms with Crippen molar-refractivity contribution in [3.05, 3.63) is 35.9 Å². The first-order valence-corrected chi connectivity index (χ1v) is 6.57. The highest BCUT2D eigenvalue weighted by Crippen LogP contribution is 2.36. The highest BCUT2D eigenvalue weighted by Gasteiger charge is 2.43. The molecule has 0 bridgehead atoms. The molecule has 0 spiro atoms. The van der Waals surface area contributed by atoms with Crippen molar-refractivity contribution in [3.8, 4) is 0 Å². The molecule has 1 aliphatic rings. The van der Waals surface area contributed by atoms with E-state index in [0.29, 0.717) is 5.56 Å². The van der Waals surface area contributed by atoms with Crippen molar-refractivity contribution in [1.82, 2.24) is 0 Å². The largest absolute Gasteiger partial charge is 0.394 e. The lowest BCUT2D eigenvalue weighted by Crippen LogP contribution is -2.53. The Morgan fingerprint density at radius 2 is 1.80 bits per heavy atom. The average molecular weight is 305 g/mol. The number of rotatable bonds is 2. The van der Waals surface area contributed by atoms with E-state index in [2.05, 4.69) is 0 Å². The minimum atomic E-state index is -1.75. The van der Waals surface area contributed by atoms with Gasteiger partial charge in [0.15, 0.2) is 0 Å². The Labute approximate surface area is 121 Å². The molecule has 112 valence electrons. The summed E-state index contributed by atoms with van der Waals surface area (Å²) < 4.78 is 10.7. The summed E-state index contributed by atoms with van der Waals surface area (Å²) in [6.45, 7) is -0.912. The van der Waals surface area contributed by atoms with Crippen LogP contribution in [0.4, 0.5) is 0 Å². The molecule has 1 saturated heterocycles. The van der Waals surface area contributed by atoms with Crippen LogP contribution in [-0.4, -0.2) is 58.1 Å². The smallest absolute Gasteiger partial charge is 0.276 e. The molecule has 1 aromatic rings. The van der Waals surface area contributed by atoms with Gasteiger partial charge < -0.3 is 29.9 Å². The molecule has 0 aliphatic carbocycles. The SMILES string of the molecule is OC[C@@H]1OC(Cl)(c2ccccc2)OC[C@@H](O)[C@H](O)[C@H]1O. The van der Waals surface area contributed by atoms with Gasteiger partial charge in [-0.3, -0.25) is 0 Å². The fourth-order valence-corrected chi connectivity index (χ4v) is 2.27. The van der Waals surface area contributed by atoms with Crippen molar-refractivity contribution in [3.63, 3.8) is 0 Å². The van der Waals surface area contributed by atoms with Crippen LogP contribution in [0.1, 0.15) is 5.56 Å². The summed E-state index contributed by atoms with van der Waals surface area (Å²) in [5.41, 5.74) is 0.455. The first kappa shape index (κ1) is 15.7. The molecule has 1 aliphatic heterocycles. The number of benzene rings is 1. The molecule has 20 heavy (non-hydrogen) atoms. The first-order valence-electron chi connectivity index (χ1n) is 6.19. The number of aliphatic hydroxyl groups is 4. The Hall–Kier alpha value is -0.730. The summed E-state index contributed by atoms with van der Waals surface area (Å²) in [7, 11) is 0. The van der Waals surface area contributed by atoms with Crippen LogP contribution in [0.2, 0.25) is 0 Å². The Morgan fingerprint density at radius 1 is 1.15 bits per heavy atom. The molecule has 1 unspecified atom stereocenters. The molecule has 0 saturated carbocycles. The summed E-state index contributed by atoms with van der Waals surface area (Å²) in [4.78, 5) is 0. The Morgan fingerprint density at radius 3 is 2.40 bits per heavy atom. The predicted molar refractivity (Wildman–Crippen MR) is 69.9 cm³/mol. The van der Waals surface area contributed by atoms with Crippen LogP contribution in [0.5, 0.6) is 0 Å². The maximum Gasteiger partial charge on any atom is 0.276 e. The molecule has 4 N–H and O–H groups in total. The Kier molecular flexibility index (Phi) is 4.98. The average Bonchev–Trinajstić information content (AvgIpc) is 2.49. The monoisotopic (exact) mass is 304 g/mol. The van der Waals surface area contributed by atoms with E-state index in [-0.39, 0.29) is 6.61 Å². The van der Waals surface area contributed by atoms with E-state index in [1.165, 1.54) is 0 Å². The topological polar surface area (TPSA) is 99.4 Å². The molecule has 7 heteroatoms. The third-order valence-corrected chi connectivity index (χ3v) is 3.58. The fraction of sp³-hybridized carbons (Fsp3) is 0.538. The van der Waals surface area contributed by atoms with Crippen molar-refractivity contribution >= 4 is 11.6 Å². The first-order chi connectivity index (χ1) is 9.48. The predicted octanol–water partition coefficient (Wildman–Crippen LogP) is -0.474. The van der Waals surface area contributed by atoms with Gasteiger partial charge in [-0.15, -0.1) is 0 Å². The van der Waals surface area contributed by atoms with E-state index in [0.717, 1.165) is 0 Å². The lowest BCUT2D eigenvalue weighted by molar-refractivity contribution is -0.279. The van der Waals surface area contributed by atoms with Crippen LogP contribution in [0.15, 0.2) is 30.3 Å². The summed E-state index contributed by atoms with van der Waals surface area (Å²) in [6.07, 6.45) is -5.52. The molecule has 1 aromatic carbocycles. The summed E-state index contributed by atoms with van der Waals surface area (Å²) >= 11 is 6.27. The Balaban J connectivity index is 2.30. The van der Waals surface area contributed by atoms with Crippen LogP contribution in [0, 0.1) is 0 Å². The van der Waals surface area contributed by atoms with E-state index in [1.54, 1.807) is 30.3 Å². The summed E-state index contributed by atoms with van der Waals surface area (Å²) in [5, 5.41) is 36.8. The van der Waals surface area contributed by atoms with Crippen molar-refractivity contribution in [2.75, 3.05) is 13.2 Å². The van der Waals surface area contributed by atoms with Gasteiger partial charge in [0.2, 0.25) is 0 Å². The third kappa shape index (κ3) is 3.12. The van der Waals surface area contributed by atoms with Crippen molar-refractivity contribution in [2.24, 2.45) is 0 Å². The lowest BCUT2D eigenvalue weighted by atomic mass is 10.0. The summed E-state index contributed by atoms with van der Waals surface area (Å²) in [6, 6.07) is 8.53. The molecule has 0 radical (unpaired) electrons. The van der Waals surface area contributed by atoms with Crippen molar-refractivity contribution in [1.29, 1.82) is 0 Å². The molecule has 0 aromatic heterocycles. The molecule has 1 heterocycles. The number of hydrogen-bond donors (Lipinski definition) is 4. The molecule has 2 rings (SSSR count). The van der Waals surface area contributed by atoms with Crippen LogP contribution >= 0.6 is 11.6 Å². The van der Waals surface area contributed by atoms with Gasteiger partial charge in [0.1, 0.15) is 24.4 Å². The van der Waals surface area contributed by atoms with E-state index in [1.807, 2.05) is 0 Å². The zero-order valence-electron chi connectivity index (χ0n) is 10.6. The van der Waals surface area contributed by atoms with Gasteiger partial charge in [0.25, 0.3) is 5.25 Å². The van der Waals surface area contributed by atoms with Gasteiger partial charge in [-0.2, -0.15) is 0 Å². The molecule has 6 nitrogen and oxygen atoms in total. The van der Waals surface area contributed by atoms with Gasteiger partial charge >= 0.3 is 0 Å². The number of halogens is 1. The van der Waals surface area contributed by atoms with E-state index in [4.69, 9.17) is 21.1 Å². The maximum absolute atomic E-state index is 9.88. The second-order valence-electron chi connectivity index (χ2n) is 4.60. The van der Waals surface area contributed by atoms with Gasteiger partial charge in [-0.05, 0) is 0 Å². The van der Waals surface area contributed by atoms with Crippen molar-refractivity contribution < 1.29 is 29.9 Å². The second kappa shape index (κ2) is 6.36. The quantitative estimate of drug-likeness (QED) is 0.551. The van der Waals surface area contributed by atoms with Gasteiger partial charge in [0.05, 0.1) is 13.2 Å². The van der Waals surface area contributed by atoms with Gasteiger partial charge in [-0.1, -0.05) is 41.9 Å². The highest BCUT2D eigenvalue weighted by atomic mass is 35.5. The van der Waals surface area contributed by atoms with Crippen LogP contribution in [0.25, 0.3) is 0 Å². The molecule has 5 atom stereocenters. The third-order valence-electron chi connectivity index (χ3n) is 3.17. The van der Waals surface area contributed by atoms with Gasteiger partial charge in [0, 0.05) is 5.56 Å². The molecular formula is C13H17ClO6. The minimum absolute atomic E-state index is 0.325. The second-order valence-corrected chi connectivity index (χ2v) is 5.10. The van der Waals surface area contributed by atoms with Crippen LogP contribution in [-0.2, 0) is 14.7 Å². The minimum Gasteiger partial charge on any atom is -0.394 e. The van der Waals surface area contributed by atoms with E-state index < -0.39 is 36.3 Å². The van der Waals surface area contributed by atoms with Crippen LogP contribution < -0.4 is 0 Å². The van der Waals surface area contributed by atoms with Crippen molar-refractivity contribution in [2.45, 2.75) is 29.7 Å². The zero-order valence-corrected chi connectivity index (χ0v) is 11.3.